The lowest BCUT2D eigenvalue weighted by molar-refractivity contribution is -0.122. The number of likely N-dealkylation sites (N-methyl/N-ethyl adjacent to an activating group) is 1. The number of piperidine rings is 1. The van der Waals surface area contributed by atoms with Gasteiger partial charge in [-0.3, -0.25) is 9.69 Å². The van der Waals surface area contributed by atoms with Crippen LogP contribution in [0.2, 0.25) is 0 Å². The number of halogens is 1. The fourth-order valence-corrected chi connectivity index (χ4v) is 2.61. The van der Waals surface area contributed by atoms with Gasteiger partial charge in [0, 0.05) is 26.2 Å². The third kappa shape index (κ3) is 4.63. The lowest BCUT2D eigenvalue weighted by atomic mass is 10.1. The summed E-state index contributed by atoms with van der Waals surface area (Å²) in [5.74, 6) is 1.03. The first-order chi connectivity index (χ1) is 9.17. The van der Waals surface area contributed by atoms with Crippen molar-refractivity contribution >= 4 is 21.8 Å². The molecule has 1 saturated heterocycles. The number of furan rings is 1. The second-order valence-corrected chi connectivity index (χ2v) is 5.59. The lowest BCUT2D eigenvalue weighted by Crippen LogP contribution is -2.45. The molecule has 1 aromatic heterocycles. The van der Waals surface area contributed by atoms with E-state index in [1.165, 1.54) is 0 Å². The lowest BCUT2D eigenvalue weighted by Gasteiger charge is -2.31. The molecule has 1 amide bonds. The Morgan fingerprint density at radius 3 is 2.79 bits per heavy atom. The molecule has 1 aliphatic rings. The molecule has 0 atom stereocenters. The summed E-state index contributed by atoms with van der Waals surface area (Å²) >= 11 is 3.30. The first-order valence-corrected chi connectivity index (χ1v) is 7.37. The zero-order valence-corrected chi connectivity index (χ0v) is 12.7. The molecule has 2 N–H and O–H groups in total. The summed E-state index contributed by atoms with van der Waals surface area (Å²) in [5.41, 5.74) is 0. The van der Waals surface area contributed by atoms with E-state index in [4.69, 9.17) is 4.42 Å². The number of carbonyl (C=O) groups excluding carboxylic acids is 1. The minimum Gasteiger partial charge on any atom is -0.453 e. The van der Waals surface area contributed by atoms with Gasteiger partial charge in [0.15, 0.2) is 4.67 Å². The Bertz CT molecular complexity index is 414. The molecule has 19 heavy (non-hydrogen) atoms. The Morgan fingerprint density at radius 1 is 1.47 bits per heavy atom. The molecule has 106 valence electrons. The fraction of sp³-hybridized carbons (Fsp3) is 0.615. The van der Waals surface area contributed by atoms with Gasteiger partial charge in [-0.15, -0.1) is 0 Å². The van der Waals surface area contributed by atoms with Crippen LogP contribution in [-0.2, 0) is 11.3 Å². The fourth-order valence-electron chi connectivity index (χ4n) is 2.27. The molecular formula is C13H20BrN3O2. The van der Waals surface area contributed by atoms with Gasteiger partial charge in [0.1, 0.15) is 5.76 Å². The van der Waals surface area contributed by atoms with E-state index in [0.717, 1.165) is 42.9 Å². The molecule has 1 aliphatic heterocycles. The van der Waals surface area contributed by atoms with Crippen molar-refractivity contribution in [3.05, 3.63) is 22.6 Å². The second-order valence-electron chi connectivity index (χ2n) is 4.81. The highest BCUT2D eigenvalue weighted by Crippen LogP contribution is 2.15. The molecule has 1 aromatic rings. The number of hydrogen-bond acceptors (Lipinski definition) is 4. The zero-order chi connectivity index (χ0) is 13.7. The van der Waals surface area contributed by atoms with E-state index in [-0.39, 0.29) is 5.91 Å². The molecule has 1 fully saturated rings. The van der Waals surface area contributed by atoms with Crippen molar-refractivity contribution in [1.82, 2.24) is 15.5 Å². The van der Waals surface area contributed by atoms with Gasteiger partial charge in [-0.25, -0.2) is 0 Å². The molecule has 2 rings (SSSR count). The van der Waals surface area contributed by atoms with Crippen LogP contribution in [0.25, 0.3) is 0 Å². The average molecular weight is 330 g/mol. The summed E-state index contributed by atoms with van der Waals surface area (Å²) in [6, 6.07) is 4.38. The number of nitrogens with one attached hydrogen (secondary N) is 2. The van der Waals surface area contributed by atoms with Crippen molar-refractivity contribution in [2.45, 2.75) is 25.4 Å². The van der Waals surface area contributed by atoms with Gasteiger partial charge in [-0.1, -0.05) is 0 Å². The topological polar surface area (TPSA) is 57.5 Å². The average Bonchev–Trinajstić information content (AvgIpc) is 2.83. The van der Waals surface area contributed by atoms with Crippen LogP contribution in [0, 0.1) is 0 Å². The van der Waals surface area contributed by atoms with E-state index in [1.807, 2.05) is 12.1 Å². The van der Waals surface area contributed by atoms with E-state index in [0.29, 0.717) is 12.6 Å². The predicted octanol–water partition coefficient (Wildman–Crippen LogP) is 1.34. The Labute approximate surface area is 121 Å². The van der Waals surface area contributed by atoms with Crippen LogP contribution in [0.1, 0.15) is 18.6 Å². The predicted molar refractivity (Wildman–Crippen MR) is 76.8 cm³/mol. The summed E-state index contributed by atoms with van der Waals surface area (Å²) in [7, 11) is 1.68. The maximum Gasteiger partial charge on any atom is 0.233 e. The highest BCUT2D eigenvalue weighted by molar-refractivity contribution is 9.10. The zero-order valence-electron chi connectivity index (χ0n) is 11.1. The highest BCUT2D eigenvalue weighted by Gasteiger charge is 2.20. The van der Waals surface area contributed by atoms with Crippen molar-refractivity contribution in [2.24, 2.45) is 0 Å². The number of carbonyl (C=O) groups is 1. The van der Waals surface area contributed by atoms with Crippen molar-refractivity contribution < 1.29 is 9.21 Å². The maximum atomic E-state index is 11.3. The van der Waals surface area contributed by atoms with Crippen molar-refractivity contribution in [3.63, 3.8) is 0 Å². The number of nitrogens with zero attached hydrogens (tertiary/aromatic N) is 1. The number of likely N-dealkylation sites (tertiary alicyclic amines) is 1. The summed E-state index contributed by atoms with van der Waals surface area (Å²) in [5, 5.41) is 6.16. The molecule has 5 nitrogen and oxygen atoms in total. The van der Waals surface area contributed by atoms with Crippen molar-refractivity contribution in [3.8, 4) is 0 Å². The summed E-state index contributed by atoms with van der Waals surface area (Å²) in [6.45, 7) is 3.19. The van der Waals surface area contributed by atoms with Crippen LogP contribution in [0.4, 0.5) is 0 Å². The van der Waals surface area contributed by atoms with Gasteiger partial charge >= 0.3 is 0 Å². The second kappa shape index (κ2) is 7.07. The Kier molecular flexibility index (Phi) is 5.42. The van der Waals surface area contributed by atoms with Crippen LogP contribution < -0.4 is 10.6 Å². The van der Waals surface area contributed by atoms with E-state index in [1.54, 1.807) is 7.05 Å². The Hall–Kier alpha value is -0.850. The molecule has 0 saturated carbocycles. The van der Waals surface area contributed by atoms with Gasteiger partial charge in [0.05, 0.1) is 13.1 Å². The molecule has 0 aromatic carbocycles. The molecular weight excluding hydrogens is 310 g/mol. The van der Waals surface area contributed by atoms with Gasteiger partial charge in [-0.2, -0.15) is 0 Å². The van der Waals surface area contributed by atoms with Gasteiger partial charge in [-0.05, 0) is 40.9 Å². The normalized spacial score (nSPS) is 17.6. The van der Waals surface area contributed by atoms with E-state index in [9.17, 15) is 4.79 Å². The van der Waals surface area contributed by atoms with Gasteiger partial charge in [0.2, 0.25) is 5.91 Å². The first-order valence-electron chi connectivity index (χ1n) is 6.58. The molecule has 0 radical (unpaired) electrons. The summed E-state index contributed by atoms with van der Waals surface area (Å²) < 4.78 is 6.22. The van der Waals surface area contributed by atoms with Gasteiger partial charge in [0.25, 0.3) is 0 Å². The minimum atomic E-state index is 0.0897. The Balaban J connectivity index is 1.67. The van der Waals surface area contributed by atoms with Crippen molar-refractivity contribution in [1.29, 1.82) is 0 Å². The highest BCUT2D eigenvalue weighted by atomic mass is 79.9. The van der Waals surface area contributed by atoms with Crippen LogP contribution in [-0.4, -0.2) is 43.5 Å². The summed E-state index contributed by atoms with van der Waals surface area (Å²) in [6.07, 6.45) is 2.14. The molecule has 0 spiro atoms. The van der Waals surface area contributed by atoms with Crippen LogP contribution in [0.15, 0.2) is 21.2 Å². The van der Waals surface area contributed by atoms with E-state index in [2.05, 4.69) is 31.5 Å². The molecule has 0 bridgehead atoms. The van der Waals surface area contributed by atoms with E-state index >= 15 is 0 Å². The molecule has 6 heteroatoms. The molecule has 2 heterocycles. The Morgan fingerprint density at radius 2 is 2.21 bits per heavy atom. The van der Waals surface area contributed by atoms with E-state index < -0.39 is 0 Å². The molecule has 0 unspecified atom stereocenters. The van der Waals surface area contributed by atoms with Crippen LogP contribution in [0.5, 0.6) is 0 Å². The third-order valence-corrected chi connectivity index (χ3v) is 3.85. The first kappa shape index (κ1) is 14.6. The van der Waals surface area contributed by atoms with Crippen LogP contribution >= 0.6 is 15.9 Å². The third-order valence-electron chi connectivity index (χ3n) is 3.43. The smallest absolute Gasteiger partial charge is 0.233 e. The number of rotatable bonds is 5. The standard InChI is InChI=1S/C13H20BrN3O2/c1-15-13(18)9-17-6-4-10(5-7-17)16-8-11-2-3-12(14)19-11/h2-3,10,16H,4-9H2,1H3,(H,15,18). The number of hydrogen-bond donors (Lipinski definition) is 2. The maximum absolute atomic E-state index is 11.3. The van der Waals surface area contributed by atoms with Gasteiger partial charge < -0.3 is 15.1 Å². The monoisotopic (exact) mass is 329 g/mol. The number of amides is 1. The SMILES string of the molecule is CNC(=O)CN1CCC(NCc2ccc(Br)o2)CC1. The quantitative estimate of drug-likeness (QED) is 0.856. The largest absolute Gasteiger partial charge is 0.453 e. The van der Waals surface area contributed by atoms with Crippen molar-refractivity contribution in [2.75, 3.05) is 26.7 Å². The molecule has 0 aliphatic carbocycles. The summed E-state index contributed by atoms with van der Waals surface area (Å²) in [4.78, 5) is 13.5. The minimum absolute atomic E-state index is 0.0897. The van der Waals surface area contributed by atoms with Crippen LogP contribution in [0.3, 0.4) is 0 Å².